The fraction of sp³-hybridized carbons (Fsp3) is 0.333. The van der Waals surface area contributed by atoms with Crippen molar-refractivity contribution in [3.8, 4) is 11.5 Å². The topological polar surface area (TPSA) is 78.2 Å². The average molecular weight is 439 g/mol. The van der Waals surface area contributed by atoms with E-state index in [1.165, 1.54) is 26.4 Å². The largest absolute Gasteiger partial charge is 0.493 e. The van der Waals surface area contributed by atoms with Gasteiger partial charge in [0, 0.05) is 13.2 Å². The Morgan fingerprint density at radius 2 is 1.91 bits per heavy atom. The van der Waals surface area contributed by atoms with E-state index in [0.717, 1.165) is 18.9 Å². The Balaban J connectivity index is 1.71. The number of hydrogen-bond acceptors (Lipinski definition) is 6. The number of benzene rings is 2. The van der Waals surface area contributed by atoms with Gasteiger partial charge in [-0.05, 0) is 48.7 Å². The molecule has 1 saturated heterocycles. The zero-order valence-corrected chi connectivity index (χ0v) is 17.7. The van der Waals surface area contributed by atoms with Crippen LogP contribution in [-0.4, -0.2) is 44.3 Å². The number of carbonyl (C=O) groups excluding carboxylic acids is 1. The molecule has 0 saturated carbocycles. The molecular weight excluding hydrogens is 417 g/mol. The Bertz CT molecular complexity index is 1260. The van der Waals surface area contributed by atoms with Gasteiger partial charge in [-0.1, -0.05) is 6.07 Å². The van der Waals surface area contributed by atoms with Crippen LogP contribution in [0.25, 0.3) is 11.0 Å². The molecule has 5 rings (SSSR count). The van der Waals surface area contributed by atoms with E-state index >= 15 is 0 Å². The first-order valence-electron chi connectivity index (χ1n) is 10.4. The molecule has 1 amide bonds. The summed E-state index contributed by atoms with van der Waals surface area (Å²) in [4.78, 5) is 28.5. The van der Waals surface area contributed by atoms with Gasteiger partial charge >= 0.3 is 0 Å². The first-order chi connectivity index (χ1) is 15.5. The number of rotatable bonds is 5. The van der Waals surface area contributed by atoms with E-state index in [-0.39, 0.29) is 28.4 Å². The minimum Gasteiger partial charge on any atom is -0.493 e. The van der Waals surface area contributed by atoms with Crippen LogP contribution in [0.1, 0.15) is 40.6 Å². The van der Waals surface area contributed by atoms with E-state index in [9.17, 15) is 14.0 Å². The molecule has 0 aliphatic carbocycles. The maximum absolute atomic E-state index is 13.9. The van der Waals surface area contributed by atoms with Crippen molar-refractivity contribution in [3.63, 3.8) is 0 Å². The van der Waals surface area contributed by atoms with Gasteiger partial charge in [-0.2, -0.15) is 0 Å². The van der Waals surface area contributed by atoms with Crippen LogP contribution in [0.5, 0.6) is 11.5 Å². The Hall–Kier alpha value is -3.39. The maximum Gasteiger partial charge on any atom is 0.291 e. The third-order valence-electron chi connectivity index (χ3n) is 6.08. The fourth-order valence-electron chi connectivity index (χ4n) is 4.56. The molecule has 7 nitrogen and oxygen atoms in total. The molecule has 2 aromatic carbocycles. The van der Waals surface area contributed by atoms with Crippen molar-refractivity contribution in [2.24, 2.45) is 0 Å². The van der Waals surface area contributed by atoms with E-state index in [2.05, 4.69) is 0 Å². The maximum atomic E-state index is 13.9. The third kappa shape index (κ3) is 3.22. The monoisotopic (exact) mass is 439 g/mol. The fourth-order valence-corrected chi connectivity index (χ4v) is 4.56. The standard InChI is InChI=1S/C24H22FNO6/c1-29-18-7-5-13(10-19(18)30-2)21-20-22(27)16-11-14(25)6-8-17(16)32-23(20)24(28)26(21)12-15-4-3-9-31-15/h5-8,10-11,15,21H,3-4,9,12H2,1-2H3/t15-,21+/m0/s1. The van der Waals surface area contributed by atoms with Crippen LogP contribution in [0, 0.1) is 5.82 Å². The van der Waals surface area contributed by atoms with Gasteiger partial charge in [0.2, 0.25) is 5.76 Å². The molecule has 32 heavy (non-hydrogen) atoms. The Labute approximate surface area is 183 Å². The van der Waals surface area contributed by atoms with E-state index in [1.807, 2.05) is 0 Å². The minimum absolute atomic E-state index is 0.0214. The van der Waals surface area contributed by atoms with Crippen LogP contribution in [0.4, 0.5) is 4.39 Å². The lowest BCUT2D eigenvalue weighted by Gasteiger charge is -2.27. The smallest absolute Gasteiger partial charge is 0.291 e. The molecule has 1 aromatic heterocycles. The van der Waals surface area contributed by atoms with E-state index in [4.69, 9.17) is 18.6 Å². The molecule has 3 heterocycles. The number of halogens is 1. The van der Waals surface area contributed by atoms with E-state index in [0.29, 0.717) is 30.2 Å². The highest BCUT2D eigenvalue weighted by Crippen LogP contribution is 2.41. The lowest BCUT2D eigenvalue weighted by atomic mass is 9.97. The minimum atomic E-state index is -0.717. The summed E-state index contributed by atoms with van der Waals surface area (Å²) in [6, 6.07) is 8.24. The molecular formula is C24H22FNO6. The molecule has 0 bridgehead atoms. The van der Waals surface area contributed by atoms with Gasteiger partial charge < -0.3 is 23.5 Å². The number of nitrogens with zero attached hydrogens (tertiary/aromatic N) is 1. The zero-order valence-electron chi connectivity index (χ0n) is 17.7. The second-order valence-electron chi connectivity index (χ2n) is 7.92. The molecule has 8 heteroatoms. The molecule has 166 valence electrons. The molecule has 0 spiro atoms. The van der Waals surface area contributed by atoms with Crippen molar-refractivity contribution in [3.05, 3.63) is 69.3 Å². The molecule has 0 radical (unpaired) electrons. The van der Waals surface area contributed by atoms with Crippen molar-refractivity contribution in [2.45, 2.75) is 25.0 Å². The van der Waals surface area contributed by atoms with Gasteiger partial charge in [-0.3, -0.25) is 9.59 Å². The summed E-state index contributed by atoms with van der Waals surface area (Å²) in [7, 11) is 3.05. The number of amides is 1. The summed E-state index contributed by atoms with van der Waals surface area (Å²) in [6.45, 7) is 0.952. The predicted molar refractivity (Wildman–Crippen MR) is 114 cm³/mol. The highest BCUT2D eigenvalue weighted by atomic mass is 19.1. The molecule has 2 atom stereocenters. The summed E-state index contributed by atoms with van der Waals surface area (Å²) in [5, 5.41) is 0.0981. The highest BCUT2D eigenvalue weighted by Gasteiger charge is 2.44. The molecule has 0 N–H and O–H groups in total. The normalized spacial score (nSPS) is 20.1. The third-order valence-corrected chi connectivity index (χ3v) is 6.08. The predicted octanol–water partition coefficient (Wildman–Crippen LogP) is 3.67. The number of carbonyl (C=O) groups is 1. The molecule has 3 aromatic rings. The molecule has 2 aliphatic heterocycles. The summed E-state index contributed by atoms with van der Waals surface area (Å²) in [6.07, 6.45) is 1.62. The van der Waals surface area contributed by atoms with Crippen LogP contribution in [0.15, 0.2) is 45.6 Å². The lowest BCUT2D eigenvalue weighted by Crippen LogP contribution is -2.36. The first kappa shape index (κ1) is 20.5. The summed E-state index contributed by atoms with van der Waals surface area (Å²) in [5.41, 5.74) is 0.603. The van der Waals surface area contributed by atoms with Gasteiger partial charge in [0.15, 0.2) is 16.9 Å². The number of hydrogen-bond donors (Lipinski definition) is 0. The van der Waals surface area contributed by atoms with E-state index in [1.54, 1.807) is 23.1 Å². The SMILES string of the molecule is COc1ccc([C@@H]2c3c(oc4ccc(F)cc4c3=O)C(=O)N2C[C@@H]2CCCO2)cc1OC. The van der Waals surface area contributed by atoms with Crippen molar-refractivity contribution in [1.29, 1.82) is 0 Å². The van der Waals surface area contributed by atoms with Crippen molar-refractivity contribution >= 4 is 16.9 Å². The molecule has 0 unspecified atom stereocenters. The lowest BCUT2D eigenvalue weighted by molar-refractivity contribution is 0.0486. The zero-order chi connectivity index (χ0) is 22.4. The number of fused-ring (bicyclic) bond motifs is 2. The first-order valence-corrected chi connectivity index (χ1v) is 10.4. The summed E-state index contributed by atoms with van der Waals surface area (Å²) in [5.74, 6) is 0.0386. The Morgan fingerprint density at radius 3 is 2.62 bits per heavy atom. The van der Waals surface area contributed by atoms with Gasteiger partial charge in [-0.25, -0.2) is 4.39 Å². The van der Waals surface area contributed by atoms with Gasteiger partial charge in [0.25, 0.3) is 5.91 Å². The average Bonchev–Trinajstić information content (AvgIpc) is 3.41. The van der Waals surface area contributed by atoms with Gasteiger partial charge in [0.1, 0.15) is 11.4 Å². The van der Waals surface area contributed by atoms with Crippen LogP contribution >= 0.6 is 0 Å². The quantitative estimate of drug-likeness (QED) is 0.604. The molecule has 2 aliphatic rings. The van der Waals surface area contributed by atoms with Crippen molar-refractivity contribution < 1.29 is 27.8 Å². The number of ether oxygens (including phenoxy) is 3. The Morgan fingerprint density at radius 1 is 1.09 bits per heavy atom. The molecule has 1 fully saturated rings. The van der Waals surface area contributed by atoms with Crippen LogP contribution in [-0.2, 0) is 4.74 Å². The van der Waals surface area contributed by atoms with Crippen molar-refractivity contribution in [1.82, 2.24) is 4.90 Å². The summed E-state index contributed by atoms with van der Waals surface area (Å²) >= 11 is 0. The summed E-state index contributed by atoms with van der Waals surface area (Å²) < 4.78 is 36.2. The van der Waals surface area contributed by atoms with Crippen LogP contribution < -0.4 is 14.9 Å². The van der Waals surface area contributed by atoms with Crippen LogP contribution in [0.3, 0.4) is 0 Å². The second-order valence-corrected chi connectivity index (χ2v) is 7.92. The van der Waals surface area contributed by atoms with Gasteiger partial charge in [-0.15, -0.1) is 0 Å². The second kappa shape index (κ2) is 7.94. The highest BCUT2D eigenvalue weighted by molar-refractivity contribution is 5.99. The van der Waals surface area contributed by atoms with E-state index < -0.39 is 23.2 Å². The number of methoxy groups -OCH3 is 2. The van der Waals surface area contributed by atoms with Crippen LogP contribution in [0.2, 0.25) is 0 Å². The van der Waals surface area contributed by atoms with Gasteiger partial charge in [0.05, 0.1) is 37.3 Å². The van der Waals surface area contributed by atoms with Crippen molar-refractivity contribution in [2.75, 3.05) is 27.4 Å². The Kier molecular flexibility index (Phi) is 5.09.